The second kappa shape index (κ2) is 8.53. The number of amides is 1. The first-order chi connectivity index (χ1) is 10.5. The molecule has 8 nitrogen and oxygen atoms in total. The van der Waals surface area contributed by atoms with Crippen LogP contribution in [0.4, 0.5) is 0 Å². The van der Waals surface area contributed by atoms with Crippen molar-refractivity contribution in [3.8, 4) is 5.75 Å². The maximum atomic E-state index is 11.8. The van der Waals surface area contributed by atoms with Crippen LogP contribution in [0.3, 0.4) is 0 Å². The summed E-state index contributed by atoms with van der Waals surface area (Å²) in [6.45, 7) is 1.78. The molecule has 8 heteroatoms. The molecule has 0 bridgehead atoms. The topological polar surface area (TPSA) is 135 Å². The van der Waals surface area contributed by atoms with Crippen molar-refractivity contribution < 1.29 is 19.8 Å². The molecule has 1 aromatic rings. The van der Waals surface area contributed by atoms with E-state index >= 15 is 0 Å². The molecule has 2 unspecified atom stereocenters. The number of aliphatic carboxylic acids is 1. The van der Waals surface area contributed by atoms with Crippen molar-refractivity contribution in [2.24, 2.45) is 5.11 Å². The Labute approximate surface area is 127 Å². The Kier molecular flexibility index (Phi) is 6.72. The van der Waals surface area contributed by atoms with Crippen LogP contribution in [0.2, 0.25) is 0 Å². The van der Waals surface area contributed by atoms with E-state index in [-0.39, 0.29) is 18.6 Å². The minimum Gasteiger partial charge on any atom is -0.508 e. The van der Waals surface area contributed by atoms with Gasteiger partial charge in [-0.15, -0.1) is 0 Å². The highest BCUT2D eigenvalue weighted by molar-refractivity contribution is 5.84. The zero-order chi connectivity index (χ0) is 16.5. The van der Waals surface area contributed by atoms with Gasteiger partial charge in [0.15, 0.2) is 0 Å². The van der Waals surface area contributed by atoms with Crippen molar-refractivity contribution in [1.82, 2.24) is 5.32 Å². The molecule has 0 saturated carbocycles. The minimum absolute atomic E-state index is 0.0556. The van der Waals surface area contributed by atoms with Crippen LogP contribution in [0.1, 0.15) is 25.3 Å². The molecule has 0 aliphatic heterocycles. The molecular formula is C14H18N4O4. The minimum atomic E-state index is -1.15. The number of nitrogens with zero attached hydrogens (tertiary/aromatic N) is 3. The number of carboxylic acid groups (broad SMARTS) is 1. The van der Waals surface area contributed by atoms with Gasteiger partial charge in [0.05, 0.1) is 0 Å². The van der Waals surface area contributed by atoms with Crippen LogP contribution >= 0.6 is 0 Å². The molecule has 118 valence electrons. The smallest absolute Gasteiger partial charge is 0.326 e. The Morgan fingerprint density at radius 2 is 2.00 bits per heavy atom. The van der Waals surface area contributed by atoms with Crippen molar-refractivity contribution in [3.05, 3.63) is 40.3 Å². The molecule has 1 aromatic carbocycles. The lowest BCUT2D eigenvalue weighted by molar-refractivity contribution is -0.141. The molecule has 0 aliphatic carbocycles. The second-order valence-electron chi connectivity index (χ2n) is 4.80. The summed E-state index contributed by atoms with van der Waals surface area (Å²) in [7, 11) is 0. The van der Waals surface area contributed by atoms with Crippen molar-refractivity contribution in [2.75, 3.05) is 0 Å². The highest BCUT2D eigenvalue weighted by atomic mass is 16.4. The van der Waals surface area contributed by atoms with E-state index < -0.39 is 24.0 Å². The molecule has 3 N–H and O–H groups in total. The van der Waals surface area contributed by atoms with Crippen molar-refractivity contribution >= 4 is 11.9 Å². The zero-order valence-corrected chi connectivity index (χ0v) is 12.1. The molecule has 1 amide bonds. The van der Waals surface area contributed by atoms with E-state index in [0.29, 0.717) is 12.0 Å². The van der Waals surface area contributed by atoms with E-state index in [1.807, 2.05) is 0 Å². The fourth-order valence-electron chi connectivity index (χ4n) is 1.87. The summed E-state index contributed by atoms with van der Waals surface area (Å²) in [6, 6.07) is 4.50. The van der Waals surface area contributed by atoms with Gasteiger partial charge in [-0.05, 0) is 29.6 Å². The average Bonchev–Trinajstić information content (AvgIpc) is 2.48. The Morgan fingerprint density at radius 1 is 1.36 bits per heavy atom. The second-order valence-corrected chi connectivity index (χ2v) is 4.80. The number of phenols is 1. The van der Waals surface area contributed by atoms with Crippen molar-refractivity contribution in [1.29, 1.82) is 0 Å². The third-order valence-corrected chi connectivity index (χ3v) is 3.12. The summed E-state index contributed by atoms with van der Waals surface area (Å²) in [5, 5.41) is 24.3. The normalized spacial score (nSPS) is 12.8. The largest absolute Gasteiger partial charge is 0.508 e. The molecule has 0 heterocycles. The highest BCUT2D eigenvalue weighted by Gasteiger charge is 2.21. The van der Waals surface area contributed by atoms with Crippen molar-refractivity contribution in [2.45, 2.75) is 38.3 Å². The molecule has 0 radical (unpaired) electrons. The number of carbonyl (C=O) groups excluding carboxylic acids is 1. The lowest BCUT2D eigenvalue weighted by atomic mass is 10.0. The summed E-state index contributed by atoms with van der Waals surface area (Å²) < 4.78 is 0. The Balaban J connectivity index is 2.67. The fourth-order valence-corrected chi connectivity index (χ4v) is 1.87. The number of hydrogen-bond donors (Lipinski definition) is 3. The first-order valence-electron chi connectivity index (χ1n) is 6.80. The van der Waals surface area contributed by atoms with Gasteiger partial charge in [0.1, 0.15) is 11.8 Å². The van der Waals surface area contributed by atoms with E-state index in [1.165, 1.54) is 12.1 Å². The number of nitrogens with one attached hydrogen (secondary N) is 1. The van der Waals surface area contributed by atoms with Crippen LogP contribution in [0.15, 0.2) is 29.4 Å². The number of carboxylic acids is 1. The van der Waals surface area contributed by atoms with Crippen LogP contribution in [-0.4, -0.2) is 34.2 Å². The molecule has 0 aliphatic rings. The fraction of sp³-hybridized carbons (Fsp3) is 0.429. The maximum absolute atomic E-state index is 11.8. The number of rotatable bonds is 8. The van der Waals surface area contributed by atoms with Gasteiger partial charge in [0.25, 0.3) is 0 Å². The Morgan fingerprint density at radius 3 is 2.50 bits per heavy atom. The zero-order valence-electron chi connectivity index (χ0n) is 12.1. The van der Waals surface area contributed by atoms with E-state index in [1.54, 1.807) is 19.1 Å². The van der Waals surface area contributed by atoms with E-state index in [4.69, 9.17) is 5.53 Å². The summed E-state index contributed by atoms with van der Waals surface area (Å²) in [5.74, 6) is -1.55. The first-order valence-corrected chi connectivity index (χ1v) is 6.80. The van der Waals surface area contributed by atoms with Crippen LogP contribution < -0.4 is 5.32 Å². The Hall–Kier alpha value is -2.73. The van der Waals surface area contributed by atoms with Crippen LogP contribution in [0, 0.1) is 0 Å². The van der Waals surface area contributed by atoms with E-state index in [2.05, 4.69) is 15.3 Å². The van der Waals surface area contributed by atoms with Crippen LogP contribution in [0.5, 0.6) is 5.75 Å². The molecule has 0 fully saturated rings. The molecule has 0 aromatic heterocycles. The van der Waals surface area contributed by atoms with E-state index in [0.717, 1.165) is 0 Å². The van der Waals surface area contributed by atoms with Gasteiger partial charge in [-0.3, -0.25) is 4.79 Å². The van der Waals surface area contributed by atoms with Gasteiger partial charge in [-0.2, -0.15) is 0 Å². The maximum Gasteiger partial charge on any atom is 0.326 e. The number of hydrogen-bond acceptors (Lipinski definition) is 4. The molecule has 1 rings (SSSR count). The SMILES string of the molecule is CCC(CC(=O)NC(Cc1ccc(O)cc1)C(=O)O)N=[N+]=[N-]. The number of carbonyl (C=O) groups is 2. The van der Waals surface area contributed by atoms with Gasteiger partial charge in [-0.1, -0.05) is 24.2 Å². The monoisotopic (exact) mass is 306 g/mol. The summed E-state index contributed by atoms with van der Waals surface area (Å²) in [6.07, 6.45) is 0.534. The third kappa shape index (κ3) is 5.72. The lowest BCUT2D eigenvalue weighted by Crippen LogP contribution is -2.43. The quantitative estimate of drug-likeness (QED) is 0.384. The molecule has 0 spiro atoms. The standard InChI is InChI=1S/C14H18N4O4/c1-2-10(17-18-15)8-13(20)16-12(14(21)22)7-9-3-5-11(19)6-4-9/h3-6,10,12,19H,2,7-8H2,1H3,(H,16,20)(H,21,22). The molecular weight excluding hydrogens is 288 g/mol. The van der Waals surface area contributed by atoms with Crippen LogP contribution in [0.25, 0.3) is 10.4 Å². The lowest BCUT2D eigenvalue weighted by Gasteiger charge is -2.16. The van der Waals surface area contributed by atoms with Gasteiger partial charge in [0.2, 0.25) is 5.91 Å². The van der Waals surface area contributed by atoms with E-state index in [9.17, 15) is 19.8 Å². The van der Waals surface area contributed by atoms with Gasteiger partial charge < -0.3 is 15.5 Å². The van der Waals surface area contributed by atoms with Crippen molar-refractivity contribution in [3.63, 3.8) is 0 Å². The molecule has 2 atom stereocenters. The summed E-state index contributed by atoms with van der Waals surface area (Å²) in [5.41, 5.74) is 9.05. The third-order valence-electron chi connectivity index (χ3n) is 3.12. The number of azide groups is 1. The first kappa shape index (κ1) is 17.3. The van der Waals surface area contributed by atoms with Gasteiger partial charge in [0, 0.05) is 23.8 Å². The average molecular weight is 306 g/mol. The van der Waals surface area contributed by atoms with Gasteiger partial charge >= 0.3 is 5.97 Å². The number of benzene rings is 1. The number of phenolic OH excluding ortho intramolecular Hbond substituents is 1. The summed E-state index contributed by atoms with van der Waals surface area (Å²) >= 11 is 0. The van der Waals surface area contributed by atoms with Crippen LogP contribution in [-0.2, 0) is 16.0 Å². The predicted octanol–water partition coefficient (Wildman–Crippen LogP) is 1.98. The molecule has 22 heavy (non-hydrogen) atoms. The van der Waals surface area contributed by atoms with Gasteiger partial charge in [-0.25, -0.2) is 4.79 Å². The molecule has 0 saturated heterocycles. The summed E-state index contributed by atoms with van der Waals surface area (Å²) in [4.78, 5) is 25.7. The predicted molar refractivity (Wildman–Crippen MR) is 79.2 cm³/mol. The highest BCUT2D eigenvalue weighted by Crippen LogP contribution is 2.12. The Bertz CT molecular complexity index is 567. The number of aromatic hydroxyl groups is 1.